The van der Waals surface area contributed by atoms with Crippen molar-refractivity contribution in [2.75, 3.05) is 6.54 Å². The number of ketones is 1. The second-order valence-electron chi connectivity index (χ2n) is 16.5. The third kappa shape index (κ3) is 11.0. The molecule has 0 radical (unpaired) electrons. The molecule has 15 heteroatoms. The Balaban J connectivity index is 1.37. The van der Waals surface area contributed by atoms with Crippen LogP contribution in [0.25, 0.3) is 0 Å². The molecule has 15 nitrogen and oxygen atoms in total. The summed E-state index contributed by atoms with van der Waals surface area (Å²) in [6.45, 7) is 9.08. The van der Waals surface area contributed by atoms with Crippen LogP contribution in [-0.2, 0) is 33.6 Å². The van der Waals surface area contributed by atoms with E-state index in [4.69, 9.17) is 4.74 Å². The van der Waals surface area contributed by atoms with Crippen LogP contribution >= 0.6 is 0 Å². The highest BCUT2D eigenvalue weighted by Gasteiger charge is 2.47. The summed E-state index contributed by atoms with van der Waals surface area (Å²) in [4.78, 5) is 100. The van der Waals surface area contributed by atoms with E-state index in [1.54, 1.807) is 33.0 Å². The number of aromatic nitrogens is 1. The molecule has 4 fully saturated rings. The van der Waals surface area contributed by atoms with Gasteiger partial charge in [0.05, 0.1) is 12.6 Å². The number of carbonyl (C=O) groups excluding carboxylic acids is 7. The van der Waals surface area contributed by atoms with Crippen molar-refractivity contribution in [3.63, 3.8) is 0 Å². The first-order valence-electron chi connectivity index (χ1n) is 19.6. The van der Waals surface area contributed by atoms with E-state index >= 15 is 0 Å². The maximum Gasteiger partial charge on any atom is 0.309 e. The molecule has 4 aliphatic rings. The number of aryl methyl sites for hydroxylation is 1. The lowest BCUT2D eigenvalue weighted by molar-refractivity contribution is -0.146. The van der Waals surface area contributed by atoms with E-state index in [-0.39, 0.29) is 37.4 Å². The van der Waals surface area contributed by atoms with Crippen molar-refractivity contribution in [1.82, 2.24) is 36.5 Å². The molecule has 3 saturated carbocycles. The molecule has 1 aromatic heterocycles. The molecule has 5 N–H and O–H groups in total. The number of rotatable bonds is 15. The van der Waals surface area contributed by atoms with E-state index in [9.17, 15) is 33.6 Å². The number of carbonyl (C=O) groups is 7. The molecule has 0 spiro atoms. The van der Waals surface area contributed by atoms with Crippen LogP contribution in [0.15, 0.2) is 18.3 Å². The molecule has 0 bridgehead atoms. The molecule has 54 heavy (non-hydrogen) atoms. The maximum absolute atomic E-state index is 14.7. The van der Waals surface area contributed by atoms with Crippen molar-refractivity contribution < 1.29 is 38.3 Å². The number of amides is 6. The SMILES string of the molecule is CCC[C@H](NC(=O)C1C[C@@H](Oc2ccc(C)cn2)CN1C(=O)[C@@H](NC(=O)[C@@H](NC(=O)C(=O)NC1CC1)C1CCCCC1)C(C)(C)C)C(=O)C(=O)NC1CC1. The first kappa shape index (κ1) is 40.6. The van der Waals surface area contributed by atoms with E-state index in [1.165, 1.54) is 4.90 Å². The zero-order valence-electron chi connectivity index (χ0n) is 32.2. The summed E-state index contributed by atoms with van der Waals surface area (Å²) in [6.07, 6.45) is 9.08. The number of ether oxygens (including phenoxy) is 1. The second-order valence-corrected chi connectivity index (χ2v) is 16.5. The molecule has 1 aliphatic heterocycles. The zero-order valence-corrected chi connectivity index (χ0v) is 32.2. The average molecular weight is 752 g/mol. The molecule has 296 valence electrons. The Morgan fingerprint density at radius 1 is 0.852 bits per heavy atom. The summed E-state index contributed by atoms with van der Waals surface area (Å²) in [5, 5.41) is 13.7. The van der Waals surface area contributed by atoms with Crippen molar-refractivity contribution in [3.05, 3.63) is 23.9 Å². The predicted octanol–water partition coefficient (Wildman–Crippen LogP) is 1.75. The van der Waals surface area contributed by atoms with Gasteiger partial charge < -0.3 is 36.2 Å². The van der Waals surface area contributed by atoms with E-state index < -0.39 is 76.9 Å². The number of hydrogen-bond donors (Lipinski definition) is 5. The van der Waals surface area contributed by atoms with Gasteiger partial charge >= 0.3 is 11.8 Å². The van der Waals surface area contributed by atoms with Crippen LogP contribution in [0.2, 0.25) is 0 Å². The van der Waals surface area contributed by atoms with Crippen LogP contribution in [0, 0.1) is 18.3 Å². The van der Waals surface area contributed by atoms with Crippen LogP contribution in [0.5, 0.6) is 5.88 Å². The normalized spacial score (nSPS) is 21.9. The molecule has 1 saturated heterocycles. The number of Topliss-reactive ketones (excluding diaryl/α,β-unsaturated/α-hetero) is 1. The Hall–Kier alpha value is -4.56. The molecule has 0 aromatic carbocycles. The van der Waals surface area contributed by atoms with Crippen molar-refractivity contribution in [2.24, 2.45) is 11.3 Å². The lowest BCUT2D eigenvalue weighted by atomic mass is 9.82. The fraction of sp³-hybridized carbons (Fsp3) is 0.692. The summed E-state index contributed by atoms with van der Waals surface area (Å²) in [6, 6.07) is -0.941. The second kappa shape index (κ2) is 17.7. The summed E-state index contributed by atoms with van der Waals surface area (Å²) < 4.78 is 6.15. The van der Waals surface area contributed by atoms with E-state index in [0.29, 0.717) is 25.1 Å². The van der Waals surface area contributed by atoms with Gasteiger partial charge in [0, 0.05) is 30.8 Å². The number of nitrogens with one attached hydrogen (secondary N) is 5. The third-order valence-electron chi connectivity index (χ3n) is 10.6. The van der Waals surface area contributed by atoms with Crippen molar-refractivity contribution >= 4 is 41.2 Å². The van der Waals surface area contributed by atoms with Crippen molar-refractivity contribution in [1.29, 1.82) is 0 Å². The highest BCUT2D eigenvalue weighted by molar-refractivity contribution is 6.38. The van der Waals surface area contributed by atoms with Gasteiger partial charge in [0.1, 0.15) is 24.2 Å². The number of pyridine rings is 1. The number of hydrogen-bond acceptors (Lipinski definition) is 9. The van der Waals surface area contributed by atoms with E-state index in [2.05, 4.69) is 31.6 Å². The van der Waals surface area contributed by atoms with Crippen LogP contribution < -0.4 is 31.3 Å². The molecule has 3 aliphatic carbocycles. The topological polar surface area (TPSA) is 205 Å². The van der Waals surface area contributed by atoms with Gasteiger partial charge in [-0.05, 0) is 68.8 Å². The van der Waals surface area contributed by atoms with E-state index in [0.717, 1.165) is 50.5 Å². The predicted molar refractivity (Wildman–Crippen MR) is 198 cm³/mol. The van der Waals surface area contributed by atoms with Gasteiger partial charge in [0.2, 0.25) is 29.4 Å². The van der Waals surface area contributed by atoms with Gasteiger partial charge in [-0.15, -0.1) is 0 Å². The van der Waals surface area contributed by atoms with Gasteiger partial charge in [-0.2, -0.15) is 0 Å². The van der Waals surface area contributed by atoms with E-state index in [1.807, 2.05) is 19.9 Å². The number of nitrogens with zero attached hydrogens (tertiary/aromatic N) is 2. The monoisotopic (exact) mass is 751 g/mol. The Morgan fingerprint density at radius 3 is 2.07 bits per heavy atom. The Kier molecular flexibility index (Phi) is 13.3. The summed E-state index contributed by atoms with van der Waals surface area (Å²) in [5.74, 6) is -4.86. The van der Waals surface area contributed by atoms with Crippen molar-refractivity contribution in [2.45, 2.75) is 154 Å². The largest absolute Gasteiger partial charge is 0.472 e. The number of likely N-dealkylation sites (tertiary alicyclic amines) is 1. The molecule has 6 amide bonds. The fourth-order valence-electron chi connectivity index (χ4n) is 7.13. The summed E-state index contributed by atoms with van der Waals surface area (Å²) in [5.41, 5.74) is 0.0623. The lowest BCUT2D eigenvalue weighted by Gasteiger charge is -2.37. The highest BCUT2D eigenvalue weighted by Crippen LogP contribution is 2.30. The van der Waals surface area contributed by atoms with Gasteiger partial charge in [-0.3, -0.25) is 33.6 Å². The minimum Gasteiger partial charge on any atom is -0.472 e. The average Bonchev–Trinajstić information content (AvgIpc) is 4.08. The molecule has 2 heterocycles. The first-order chi connectivity index (χ1) is 25.6. The molecule has 1 unspecified atom stereocenters. The minimum atomic E-state index is -1.16. The molecule has 5 atom stereocenters. The molecular weight excluding hydrogens is 694 g/mol. The summed E-state index contributed by atoms with van der Waals surface area (Å²) >= 11 is 0. The first-order valence-corrected chi connectivity index (χ1v) is 19.6. The van der Waals surface area contributed by atoms with Crippen LogP contribution in [0.4, 0.5) is 0 Å². The Labute approximate surface area is 317 Å². The Bertz CT molecular complexity index is 1560. The van der Waals surface area contributed by atoms with Gasteiger partial charge in [0.25, 0.3) is 5.91 Å². The molecule has 5 rings (SSSR count). The highest BCUT2D eigenvalue weighted by atomic mass is 16.5. The fourth-order valence-corrected chi connectivity index (χ4v) is 7.13. The zero-order chi connectivity index (χ0) is 39.2. The quantitative estimate of drug-likeness (QED) is 0.165. The lowest BCUT2D eigenvalue weighted by Crippen LogP contribution is -2.62. The van der Waals surface area contributed by atoms with Gasteiger partial charge in [-0.1, -0.05) is 59.4 Å². The van der Waals surface area contributed by atoms with Gasteiger partial charge in [-0.25, -0.2) is 4.98 Å². The Morgan fingerprint density at radius 2 is 1.50 bits per heavy atom. The van der Waals surface area contributed by atoms with Crippen molar-refractivity contribution in [3.8, 4) is 5.88 Å². The van der Waals surface area contributed by atoms with Gasteiger partial charge in [0.15, 0.2) is 0 Å². The van der Waals surface area contributed by atoms with Crippen LogP contribution in [0.1, 0.15) is 110 Å². The maximum atomic E-state index is 14.7. The smallest absolute Gasteiger partial charge is 0.309 e. The minimum absolute atomic E-state index is 0.0202. The van der Waals surface area contributed by atoms with Crippen LogP contribution in [-0.4, -0.2) is 100 Å². The standard InChI is InChI=1S/C39H57N7O8/c1-6-10-27(31(47)35(50)41-24-14-15-24)43-33(48)28-19-26(54-29-18-13-22(2)20-40-29)21-46(28)38(53)32(39(3,4)5)45-34(49)30(23-11-8-7-9-12-23)44-37(52)36(51)42-25-16-17-25/h13,18,20,23-28,30,32H,6-12,14-17,19,21H2,1-5H3,(H,41,50)(H,42,51)(H,43,48)(H,44,52)(H,45,49)/t26-,27+,28?,30+,32-/m1/s1. The molecule has 1 aromatic rings. The third-order valence-corrected chi connectivity index (χ3v) is 10.6. The summed E-state index contributed by atoms with van der Waals surface area (Å²) in [7, 11) is 0. The molecular formula is C39H57N7O8. The van der Waals surface area contributed by atoms with Crippen LogP contribution in [0.3, 0.4) is 0 Å².